The molecule has 1 atom stereocenters. The maximum Gasteiger partial charge on any atom is 0.338 e. The quantitative estimate of drug-likeness (QED) is 0.828. The minimum absolute atomic E-state index is 0.00167. The first kappa shape index (κ1) is 21.5. The van der Waals surface area contributed by atoms with E-state index < -0.39 is 11.5 Å². The van der Waals surface area contributed by atoms with E-state index in [0.717, 1.165) is 24.8 Å². The smallest absolute Gasteiger partial charge is 0.338 e. The zero-order valence-electron chi connectivity index (χ0n) is 16.8. The molecule has 3 rings (SSSR count). The van der Waals surface area contributed by atoms with Gasteiger partial charge in [0.2, 0.25) is 0 Å². The number of hydrogen-bond acceptors (Lipinski definition) is 5. The molecule has 28 heavy (non-hydrogen) atoms. The predicted octanol–water partition coefficient (Wildman–Crippen LogP) is 2.93. The van der Waals surface area contributed by atoms with Gasteiger partial charge in [-0.15, -0.1) is 0 Å². The van der Waals surface area contributed by atoms with Gasteiger partial charge in [-0.2, -0.15) is 0 Å². The van der Waals surface area contributed by atoms with Gasteiger partial charge in [-0.1, -0.05) is 26.8 Å². The number of rotatable bonds is 4. The predicted molar refractivity (Wildman–Crippen MR) is 106 cm³/mol. The molecular formula is C21H27N3O4. The normalized spacial score (nSPS) is 21.1. The maximum atomic E-state index is 12.1. The second kappa shape index (κ2) is 8.91. The molecule has 1 aromatic rings. The minimum atomic E-state index is -1.08. The highest BCUT2D eigenvalue weighted by Crippen LogP contribution is 2.27. The van der Waals surface area contributed by atoms with E-state index in [0.29, 0.717) is 6.42 Å². The number of hydrogen-bond donors (Lipinski definition) is 2. The van der Waals surface area contributed by atoms with Crippen molar-refractivity contribution in [2.45, 2.75) is 58.9 Å². The molecule has 1 unspecified atom stereocenters. The van der Waals surface area contributed by atoms with Gasteiger partial charge < -0.3 is 10.4 Å². The number of carbonyl (C=O) groups excluding carboxylic acids is 2. The highest BCUT2D eigenvalue weighted by molar-refractivity contribution is 6.17. The number of pyridine rings is 1. The number of amidine groups is 1. The molecule has 0 spiro atoms. The Morgan fingerprint density at radius 3 is 2.50 bits per heavy atom. The molecule has 1 aliphatic heterocycles. The maximum absolute atomic E-state index is 12.1. The molecule has 0 bridgehead atoms. The van der Waals surface area contributed by atoms with Gasteiger partial charge in [0.15, 0.2) is 11.6 Å². The van der Waals surface area contributed by atoms with E-state index in [1.807, 2.05) is 26.8 Å². The molecule has 2 heterocycles. The van der Waals surface area contributed by atoms with Crippen molar-refractivity contribution in [2.24, 2.45) is 10.9 Å². The number of aromatic carboxylic acids is 1. The van der Waals surface area contributed by atoms with Crippen molar-refractivity contribution in [3.05, 3.63) is 41.2 Å². The molecule has 0 radical (unpaired) electrons. The molecule has 1 amide bonds. The van der Waals surface area contributed by atoms with E-state index in [4.69, 9.17) is 0 Å². The molecule has 2 N–H and O–H groups in total. The first-order chi connectivity index (χ1) is 13.2. The Bertz CT molecular complexity index is 842. The Labute approximate surface area is 165 Å². The van der Waals surface area contributed by atoms with Crippen molar-refractivity contribution in [1.29, 1.82) is 0 Å². The van der Waals surface area contributed by atoms with Crippen molar-refractivity contribution in [3.8, 4) is 0 Å². The van der Waals surface area contributed by atoms with Crippen LogP contribution in [-0.2, 0) is 16.0 Å². The van der Waals surface area contributed by atoms with Crippen molar-refractivity contribution in [1.82, 2.24) is 10.3 Å². The summed E-state index contributed by atoms with van der Waals surface area (Å²) in [6, 6.07) is 1.57. The van der Waals surface area contributed by atoms with Crippen molar-refractivity contribution >= 4 is 23.5 Å². The number of nitrogens with zero attached hydrogens (tertiary/aromatic N) is 2. The van der Waals surface area contributed by atoms with Crippen molar-refractivity contribution in [2.75, 3.05) is 0 Å². The lowest BCUT2D eigenvalue weighted by molar-refractivity contribution is -0.124. The summed E-state index contributed by atoms with van der Waals surface area (Å²) in [5.41, 5.74) is 0.197. The van der Waals surface area contributed by atoms with Crippen LogP contribution >= 0.6 is 0 Å². The Hall–Kier alpha value is -2.83. The summed E-state index contributed by atoms with van der Waals surface area (Å²) < 4.78 is 0. The van der Waals surface area contributed by atoms with E-state index in [1.165, 1.54) is 0 Å². The lowest BCUT2D eigenvalue weighted by atomic mass is 9.89. The molecule has 0 fully saturated rings. The van der Waals surface area contributed by atoms with Crippen LogP contribution < -0.4 is 5.32 Å². The van der Waals surface area contributed by atoms with E-state index in [2.05, 4.69) is 15.3 Å². The molecule has 1 aromatic heterocycles. The fraction of sp³-hybridized carbons (Fsp3) is 0.476. The molecule has 0 saturated carbocycles. The molecule has 7 heteroatoms. The van der Waals surface area contributed by atoms with Crippen LogP contribution in [0, 0.1) is 5.92 Å². The fourth-order valence-electron chi connectivity index (χ4n) is 2.79. The summed E-state index contributed by atoms with van der Waals surface area (Å²) in [4.78, 5) is 42.5. The Morgan fingerprint density at radius 2 is 2.07 bits per heavy atom. The summed E-state index contributed by atoms with van der Waals surface area (Å²) in [6.07, 6.45) is 8.81. The number of ketones is 1. The van der Waals surface area contributed by atoms with Crippen LogP contribution in [0.4, 0.5) is 0 Å². The van der Waals surface area contributed by atoms with Gasteiger partial charge in [-0.3, -0.25) is 14.6 Å². The van der Waals surface area contributed by atoms with Gasteiger partial charge in [-0.05, 0) is 49.8 Å². The number of nitrogens with one attached hydrogen (secondary N) is 1. The standard InChI is InChI=1S/C15H19N3O3.C6H8O/c1-5-9-6-10(13(19)20)11(16-7-9)12-17-14(21)15(4,18-12)8(2)3;7-6-4-2-1-3-5-6/h6-8H,5H2,1-4H3,(H,19,20)(H,17,18,21);2,4H,1,3,5H2. The third kappa shape index (κ3) is 4.71. The van der Waals surface area contributed by atoms with Crippen LogP contribution in [0.2, 0.25) is 0 Å². The van der Waals surface area contributed by atoms with E-state index >= 15 is 0 Å². The van der Waals surface area contributed by atoms with Gasteiger partial charge in [0, 0.05) is 12.6 Å². The number of carboxylic acid groups (broad SMARTS) is 1. The number of amides is 1. The van der Waals surface area contributed by atoms with E-state index in [1.54, 1.807) is 25.3 Å². The molecule has 0 aromatic carbocycles. The molecule has 7 nitrogen and oxygen atoms in total. The molecular weight excluding hydrogens is 358 g/mol. The van der Waals surface area contributed by atoms with Gasteiger partial charge in [0.25, 0.3) is 5.91 Å². The highest BCUT2D eigenvalue weighted by atomic mass is 16.4. The summed E-state index contributed by atoms with van der Waals surface area (Å²) in [6.45, 7) is 7.46. The third-order valence-corrected chi connectivity index (χ3v) is 5.06. The average Bonchev–Trinajstić information content (AvgIpc) is 2.98. The van der Waals surface area contributed by atoms with E-state index in [9.17, 15) is 19.5 Å². The summed E-state index contributed by atoms with van der Waals surface area (Å²) in [7, 11) is 0. The lowest BCUT2D eigenvalue weighted by Gasteiger charge is -2.21. The van der Waals surface area contributed by atoms with Gasteiger partial charge in [-0.25, -0.2) is 9.79 Å². The van der Waals surface area contributed by atoms with Crippen LogP contribution in [0.15, 0.2) is 29.4 Å². The number of aliphatic imine (C=N–C) groups is 1. The molecule has 150 valence electrons. The van der Waals surface area contributed by atoms with Crippen LogP contribution in [0.3, 0.4) is 0 Å². The van der Waals surface area contributed by atoms with Crippen molar-refractivity contribution in [3.63, 3.8) is 0 Å². The number of carbonyl (C=O) groups is 3. The molecule has 2 aliphatic rings. The third-order valence-electron chi connectivity index (χ3n) is 5.06. The number of carboxylic acids is 1. The summed E-state index contributed by atoms with van der Waals surface area (Å²) in [5, 5.41) is 12.0. The van der Waals surface area contributed by atoms with E-state index in [-0.39, 0.29) is 34.7 Å². The number of aryl methyl sites for hydroxylation is 1. The van der Waals surface area contributed by atoms with Crippen molar-refractivity contribution < 1.29 is 19.5 Å². The second-order valence-corrected chi connectivity index (χ2v) is 7.38. The first-order valence-electron chi connectivity index (χ1n) is 9.52. The summed E-state index contributed by atoms with van der Waals surface area (Å²) in [5.74, 6) is -0.797. The topological polar surface area (TPSA) is 109 Å². The Balaban J connectivity index is 0.000000336. The van der Waals surface area contributed by atoms with Crippen LogP contribution in [0.25, 0.3) is 0 Å². The molecule has 1 aliphatic carbocycles. The zero-order chi connectivity index (χ0) is 20.9. The largest absolute Gasteiger partial charge is 0.478 e. The Morgan fingerprint density at radius 1 is 1.36 bits per heavy atom. The van der Waals surface area contributed by atoms with Crippen LogP contribution in [0.1, 0.15) is 68.6 Å². The number of allylic oxidation sites excluding steroid dienone is 2. The summed E-state index contributed by atoms with van der Waals surface area (Å²) >= 11 is 0. The first-order valence-corrected chi connectivity index (χ1v) is 9.52. The fourth-order valence-corrected chi connectivity index (χ4v) is 2.79. The van der Waals surface area contributed by atoms with Gasteiger partial charge in [0.05, 0.1) is 5.56 Å². The zero-order valence-corrected chi connectivity index (χ0v) is 16.8. The Kier molecular flexibility index (Phi) is 6.83. The monoisotopic (exact) mass is 385 g/mol. The van der Waals surface area contributed by atoms with Crippen LogP contribution in [-0.4, -0.2) is 39.1 Å². The SMILES string of the molecule is CCc1cnc(C2=NC(C)(C(C)C)C(=O)N2)c(C(=O)O)c1.O=C1C=CCCC1. The average molecular weight is 385 g/mol. The molecule has 0 saturated heterocycles. The van der Waals surface area contributed by atoms with Crippen LogP contribution in [0.5, 0.6) is 0 Å². The lowest BCUT2D eigenvalue weighted by Crippen LogP contribution is -2.41. The second-order valence-electron chi connectivity index (χ2n) is 7.38. The van der Waals surface area contributed by atoms with Gasteiger partial charge >= 0.3 is 5.97 Å². The number of aromatic nitrogens is 1. The minimum Gasteiger partial charge on any atom is -0.478 e. The van der Waals surface area contributed by atoms with Gasteiger partial charge in [0.1, 0.15) is 11.2 Å². The highest BCUT2D eigenvalue weighted by Gasteiger charge is 2.43.